The first-order valence-electron chi connectivity index (χ1n) is 7.11. The van der Waals surface area contributed by atoms with Crippen molar-refractivity contribution in [2.24, 2.45) is 0 Å². The van der Waals surface area contributed by atoms with E-state index in [-0.39, 0.29) is 6.04 Å². The Bertz CT molecular complexity index is 343. The third-order valence-corrected chi connectivity index (χ3v) is 3.64. The molecule has 102 valence electrons. The molecule has 5 heteroatoms. The van der Waals surface area contributed by atoms with E-state index < -0.39 is 0 Å². The van der Waals surface area contributed by atoms with Crippen LogP contribution >= 0.6 is 0 Å². The van der Waals surface area contributed by atoms with Gasteiger partial charge in [-0.2, -0.15) is 4.98 Å². The SMILES string of the molecule is CCN(CC)CCc1noc(C2CCCCN2)n1. The van der Waals surface area contributed by atoms with Gasteiger partial charge in [-0.15, -0.1) is 0 Å². The van der Waals surface area contributed by atoms with E-state index in [1.807, 2.05) is 0 Å². The minimum Gasteiger partial charge on any atom is -0.338 e. The summed E-state index contributed by atoms with van der Waals surface area (Å²) < 4.78 is 5.36. The Morgan fingerprint density at radius 3 is 2.83 bits per heavy atom. The van der Waals surface area contributed by atoms with E-state index in [0.717, 1.165) is 50.7 Å². The van der Waals surface area contributed by atoms with Gasteiger partial charge in [0.1, 0.15) is 0 Å². The summed E-state index contributed by atoms with van der Waals surface area (Å²) in [6.07, 6.45) is 4.48. The summed E-state index contributed by atoms with van der Waals surface area (Å²) in [5.74, 6) is 1.61. The van der Waals surface area contributed by atoms with Crippen molar-refractivity contribution >= 4 is 0 Å². The zero-order valence-corrected chi connectivity index (χ0v) is 11.5. The molecular weight excluding hydrogens is 228 g/mol. The first-order valence-corrected chi connectivity index (χ1v) is 7.11. The van der Waals surface area contributed by atoms with Crippen molar-refractivity contribution in [1.29, 1.82) is 0 Å². The third-order valence-electron chi connectivity index (χ3n) is 3.64. The van der Waals surface area contributed by atoms with Crippen molar-refractivity contribution in [2.75, 3.05) is 26.2 Å². The molecule has 1 saturated heterocycles. The molecule has 1 fully saturated rings. The van der Waals surface area contributed by atoms with Gasteiger partial charge in [-0.3, -0.25) is 0 Å². The maximum absolute atomic E-state index is 5.36. The summed E-state index contributed by atoms with van der Waals surface area (Å²) in [6.45, 7) is 8.57. The highest BCUT2D eigenvalue weighted by molar-refractivity contribution is 4.94. The third kappa shape index (κ3) is 3.53. The van der Waals surface area contributed by atoms with Crippen LogP contribution in [0.2, 0.25) is 0 Å². The van der Waals surface area contributed by atoms with E-state index in [4.69, 9.17) is 4.52 Å². The summed E-state index contributed by atoms with van der Waals surface area (Å²) >= 11 is 0. The number of nitrogens with one attached hydrogen (secondary N) is 1. The standard InChI is InChI=1S/C13H24N4O/c1-3-17(4-2)10-8-12-15-13(18-16-12)11-7-5-6-9-14-11/h11,14H,3-10H2,1-2H3. The molecule has 0 spiro atoms. The zero-order chi connectivity index (χ0) is 12.8. The minimum absolute atomic E-state index is 0.272. The van der Waals surface area contributed by atoms with Crippen LogP contribution in [-0.4, -0.2) is 41.2 Å². The Hall–Kier alpha value is -0.940. The Morgan fingerprint density at radius 2 is 2.17 bits per heavy atom. The lowest BCUT2D eigenvalue weighted by atomic mass is 10.1. The van der Waals surface area contributed by atoms with Crippen molar-refractivity contribution in [3.8, 4) is 0 Å². The Morgan fingerprint density at radius 1 is 1.33 bits per heavy atom. The second-order valence-electron chi connectivity index (χ2n) is 4.83. The van der Waals surface area contributed by atoms with E-state index in [2.05, 4.69) is 34.2 Å². The molecule has 0 aliphatic carbocycles. The minimum atomic E-state index is 0.272. The van der Waals surface area contributed by atoms with Crippen LogP contribution in [0.1, 0.15) is 50.9 Å². The van der Waals surface area contributed by atoms with Gasteiger partial charge in [0.2, 0.25) is 5.89 Å². The first kappa shape index (κ1) is 13.5. The highest BCUT2D eigenvalue weighted by atomic mass is 16.5. The molecule has 1 aromatic heterocycles. The Kier molecular flexibility index (Phi) is 5.13. The second-order valence-corrected chi connectivity index (χ2v) is 4.83. The molecule has 5 nitrogen and oxygen atoms in total. The van der Waals surface area contributed by atoms with E-state index in [9.17, 15) is 0 Å². The van der Waals surface area contributed by atoms with Crippen LogP contribution in [0.25, 0.3) is 0 Å². The average Bonchev–Trinajstić information content (AvgIpc) is 2.90. The molecule has 1 atom stereocenters. The summed E-state index contributed by atoms with van der Waals surface area (Å²) in [5, 5.41) is 7.51. The number of nitrogens with zero attached hydrogens (tertiary/aromatic N) is 3. The van der Waals surface area contributed by atoms with Crippen molar-refractivity contribution < 1.29 is 4.52 Å². The Labute approximate surface area is 109 Å². The van der Waals surface area contributed by atoms with Crippen LogP contribution in [0.15, 0.2) is 4.52 Å². The van der Waals surface area contributed by atoms with E-state index in [1.165, 1.54) is 12.8 Å². The van der Waals surface area contributed by atoms with E-state index in [0.29, 0.717) is 0 Å². The van der Waals surface area contributed by atoms with Crippen molar-refractivity contribution in [3.05, 3.63) is 11.7 Å². The van der Waals surface area contributed by atoms with Crippen LogP contribution in [0.5, 0.6) is 0 Å². The van der Waals surface area contributed by atoms with Crippen LogP contribution in [0, 0.1) is 0 Å². The lowest BCUT2D eigenvalue weighted by Gasteiger charge is -2.19. The van der Waals surface area contributed by atoms with Crippen LogP contribution in [-0.2, 0) is 6.42 Å². The van der Waals surface area contributed by atoms with Gasteiger partial charge in [0.25, 0.3) is 0 Å². The number of likely N-dealkylation sites (N-methyl/N-ethyl adjacent to an activating group) is 1. The maximum atomic E-state index is 5.36. The molecule has 0 aromatic carbocycles. The normalized spacial score (nSPS) is 20.5. The van der Waals surface area contributed by atoms with Gasteiger partial charge in [-0.25, -0.2) is 0 Å². The van der Waals surface area contributed by atoms with Gasteiger partial charge in [-0.1, -0.05) is 25.4 Å². The second kappa shape index (κ2) is 6.85. The number of rotatable bonds is 6. The molecule has 0 saturated carbocycles. The summed E-state index contributed by atoms with van der Waals surface area (Å²) in [7, 11) is 0. The molecule has 1 N–H and O–H groups in total. The van der Waals surface area contributed by atoms with Gasteiger partial charge < -0.3 is 14.7 Å². The molecule has 1 aliphatic heterocycles. The van der Waals surface area contributed by atoms with Gasteiger partial charge >= 0.3 is 0 Å². The molecule has 18 heavy (non-hydrogen) atoms. The highest BCUT2D eigenvalue weighted by Crippen LogP contribution is 2.21. The highest BCUT2D eigenvalue weighted by Gasteiger charge is 2.20. The smallest absolute Gasteiger partial charge is 0.243 e. The molecule has 2 rings (SSSR count). The average molecular weight is 252 g/mol. The summed E-state index contributed by atoms with van der Waals surface area (Å²) in [6, 6.07) is 0.272. The summed E-state index contributed by atoms with van der Waals surface area (Å²) in [5.41, 5.74) is 0. The molecule has 0 amide bonds. The van der Waals surface area contributed by atoms with Gasteiger partial charge in [0, 0.05) is 13.0 Å². The predicted molar refractivity (Wildman–Crippen MR) is 70.4 cm³/mol. The molecule has 0 bridgehead atoms. The Balaban J connectivity index is 1.85. The lowest BCUT2D eigenvalue weighted by molar-refractivity contribution is 0.290. The number of hydrogen-bond donors (Lipinski definition) is 1. The number of hydrogen-bond acceptors (Lipinski definition) is 5. The molecule has 1 unspecified atom stereocenters. The molecule has 2 heterocycles. The molecule has 1 aliphatic rings. The van der Waals surface area contributed by atoms with Gasteiger partial charge in [0.05, 0.1) is 6.04 Å². The first-order chi connectivity index (χ1) is 8.83. The van der Waals surface area contributed by atoms with Gasteiger partial charge in [0.15, 0.2) is 5.82 Å². The zero-order valence-electron chi connectivity index (χ0n) is 11.5. The largest absolute Gasteiger partial charge is 0.338 e. The molecule has 1 aromatic rings. The quantitative estimate of drug-likeness (QED) is 0.836. The van der Waals surface area contributed by atoms with E-state index >= 15 is 0 Å². The van der Waals surface area contributed by atoms with Crippen molar-refractivity contribution in [1.82, 2.24) is 20.4 Å². The fraction of sp³-hybridized carbons (Fsp3) is 0.846. The van der Waals surface area contributed by atoms with E-state index in [1.54, 1.807) is 0 Å². The number of aromatic nitrogens is 2. The predicted octanol–water partition coefficient (Wildman–Crippen LogP) is 1.77. The fourth-order valence-electron chi connectivity index (χ4n) is 2.37. The lowest BCUT2D eigenvalue weighted by Crippen LogP contribution is -2.27. The fourth-order valence-corrected chi connectivity index (χ4v) is 2.37. The molecule has 0 radical (unpaired) electrons. The monoisotopic (exact) mass is 252 g/mol. The van der Waals surface area contributed by atoms with Crippen LogP contribution in [0.3, 0.4) is 0 Å². The van der Waals surface area contributed by atoms with Crippen LogP contribution < -0.4 is 5.32 Å². The number of piperidine rings is 1. The van der Waals surface area contributed by atoms with Crippen molar-refractivity contribution in [2.45, 2.75) is 45.6 Å². The van der Waals surface area contributed by atoms with Crippen molar-refractivity contribution in [3.63, 3.8) is 0 Å². The summed E-state index contributed by atoms with van der Waals surface area (Å²) in [4.78, 5) is 6.88. The maximum Gasteiger partial charge on any atom is 0.243 e. The van der Waals surface area contributed by atoms with Crippen LogP contribution in [0.4, 0.5) is 0 Å². The topological polar surface area (TPSA) is 54.2 Å². The molecular formula is C13H24N4O. The van der Waals surface area contributed by atoms with Gasteiger partial charge in [-0.05, 0) is 32.5 Å².